The standard InChI is InChI=1S/C15H21ClO/c1-10-7-11(2)14(12(3)8-10)15(16)13-5-4-6-17-9-13/h7-8,13,15H,4-6,9H2,1-3H3. The Balaban J connectivity index is 2.26. The van der Waals surface area contributed by atoms with Crippen LogP contribution in [0.3, 0.4) is 0 Å². The van der Waals surface area contributed by atoms with Crippen LogP contribution in [0.2, 0.25) is 0 Å². The third-order valence-electron chi connectivity index (χ3n) is 3.62. The Bertz CT molecular complexity index is 371. The minimum Gasteiger partial charge on any atom is -0.381 e. The van der Waals surface area contributed by atoms with Gasteiger partial charge in [-0.3, -0.25) is 0 Å². The normalized spacial score (nSPS) is 22.5. The molecule has 1 aliphatic rings. The number of rotatable bonds is 2. The SMILES string of the molecule is Cc1cc(C)c(C(Cl)C2CCCOC2)c(C)c1. The van der Waals surface area contributed by atoms with E-state index in [0.717, 1.165) is 19.6 Å². The molecule has 0 spiro atoms. The van der Waals surface area contributed by atoms with Gasteiger partial charge >= 0.3 is 0 Å². The van der Waals surface area contributed by atoms with Crippen LogP contribution in [0.4, 0.5) is 0 Å². The molecule has 2 rings (SSSR count). The van der Waals surface area contributed by atoms with Gasteiger partial charge in [-0.15, -0.1) is 11.6 Å². The maximum Gasteiger partial charge on any atom is 0.0640 e. The van der Waals surface area contributed by atoms with E-state index in [1.165, 1.54) is 28.7 Å². The molecule has 1 saturated heterocycles. The number of hydrogen-bond donors (Lipinski definition) is 0. The zero-order valence-electron chi connectivity index (χ0n) is 10.9. The Labute approximate surface area is 109 Å². The van der Waals surface area contributed by atoms with Gasteiger partial charge in [-0.1, -0.05) is 17.7 Å². The molecule has 0 radical (unpaired) electrons. The van der Waals surface area contributed by atoms with Gasteiger partial charge in [0.15, 0.2) is 0 Å². The lowest BCUT2D eigenvalue weighted by molar-refractivity contribution is 0.0530. The first-order valence-corrected chi connectivity index (χ1v) is 6.83. The first-order chi connectivity index (χ1) is 8.09. The van der Waals surface area contributed by atoms with Gasteiger partial charge in [-0.25, -0.2) is 0 Å². The highest BCUT2D eigenvalue weighted by Crippen LogP contribution is 2.37. The third kappa shape index (κ3) is 2.83. The molecule has 0 aromatic heterocycles. The van der Waals surface area contributed by atoms with Crippen molar-refractivity contribution in [2.24, 2.45) is 5.92 Å². The van der Waals surface area contributed by atoms with Crippen molar-refractivity contribution in [3.8, 4) is 0 Å². The van der Waals surface area contributed by atoms with Crippen LogP contribution in [-0.2, 0) is 4.74 Å². The predicted molar refractivity (Wildman–Crippen MR) is 72.8 cm³/mol. The van der Waals surface area contributed by atoms with Crippen molar-refractivity contribution >= 4 is 11.6 Å². The average Bonchev–Trinajstić information content (AvgIpc) is 2.28. The van der Waals surface area contributed by atoms with Crippen LogP contribution in [0.15, 0.2) is 12.1 Å². The van der Waals surface area contributed by atoms with Crippen LogP contribution in [-0.4, -0.2) is 13.2 Å². The lowest BCUT2D eigenvalue weighted by Gasteiger charge is -2.28. The van der Waals surface area contributed by atoms with E-state index in [4.69, 9.17) is 16.3 Å². The van der Waals surface area contributed by atoms with E-state index in [0.29, 0.717) is 5.92 Å². The van der Waals surface area contributed by atoms with Crippen molar-refractivity contribution in [3.05, 3.63) is 34.4 Å². The summed E-state index contributed by atoms with van der Waals surface area (Å²) in [6, 6.07) is 4.45. The van der Waals surface area contributed by atoms with Gasteiger partial charge in [-0.05, 0) is 50.3 Å². The number of aryl methyl sites for hydroxylation is 3. The Morgan fingerprint density at radius 2 is 1.88 bits per heavy atom. The molecule has 2 heteroatoms. The summed E-state index contributed by atoms with van der Waals surface area (Å²) in [6.07, 6.45) is 2.32. The van der Waals surface area contributed by atoms with Crippen LogP contribution < -0.4 is 0 Å². The van der Waals surface area contributed by atoms with Crippen molar-refractivity contribution in [1.29, 1.82) is 0 Å². The molecule has 1 aromatic carbocycles. The molecule has 17 heavy (non-hydrogen) atoms. The second kappa shape index (κ2) is 5.41. The topological polar surface area (TPSA) is 9.23 Å². The fraction of sp³-hybridized carbons (Fsp3) is 0.600. The van der Waals surface area contributed by atoms with Gasteiger partial charge in [0.25, 0.3) is 0 Å². The van der Waals surface area contributed by atoms with Crippen LogP contribution >= 0.6 is 11.6 Å². The van der Waals surface area contributed by atoms with E-state index in [2.05, 4.69) is 32.9 Å². The molecule has 0 amide bonds. The highest BCUT2D eigenvalue weighted by Gasteiger charge is 2.26. The minimum absolute atomic E-state index is 0.0934. The quantitative estimate of drug-likeness (QED) is 0.713. The van der Waals surface area contributed by atoms with Crippen molar-refractivity contribution in [3.63, 3.8) is 0 Å². The molecule has 0 saturated carbocycles. The lowest BCUT2D eigenvalue weighted by Crippen LogP contribution is -2.22. The molecule has 2 unspecified atom stereocenters. The van der Waals surface area contributed by atoms with Crippen molar-refractivity contribution in [1.82, 2.24) is 0 Å². The molecule has 1 aromatic rings. The summed E-state index contributed by atoms with van der Waals surface area (Å²) in [4.78, 5) is 0. The molecule has 1 fully saturated rings. The second-order valence-corrected chi connectivity index (χ2v) is 5.66. The zero-order valence-corrected chi connectivity index (χ0v) is 11.7. The molecule has 0 N–H and O–H groups in total. The van der Waals surface area contributed by atoms with Crippen LogP contribution in [0.1, 0.15) is 40.5 Å². The monoisotopic (exact) mass is 252 g/mol. The molecule has 1 heterocycles. The van der Waals surface area contributed by atoms with Gasteiger partial charge in [-0.2, -0.15) is 0 Å². The smallest absolute Gasteiger partial charge is 0.0640 e. The maximum atomic E-state index is 6.67. The van der Waals surface area contributed by atoms with Crippen molar-refractivity contribution in [2.45, 2.75) is 39.0 Å². The van der Waals surface area contributed by atoms with Gasteiger partial charge in [0.2, 0.25) is 0 Å². The van der Waals surface area contributed by atoms with Gasteiger partial charge in [0.05, 0.1) is 12.0 Å². The molecule has 2 atom stereocenters. The summed E-state index contributed by atoms with van der Waals surface area (Å²) in [6.45, 7) is 8.16. The van der Waals surface area contributed by atoms with Crippen LogP contribution in [0.25, 0.3) is 0 Å². The van der Waals surface area contributed by atoms with Gasteiger partial charge in [0.1, 0.15) is 0 Å². The Hall–Kier alpha value is -0.530. The van der Waals surface area contributed by atoms with Gasteiger partial charge < -0.3 is 4.74 Å². The average molecular weight is 253 g/mol. The van der Waals surface area contributed by atoms with E-state index >= 15 is 0 Å². The third-order valence-corrected chi connectivity index (χ3v) is 4.20. The highest BCUT2D eigenvalue weighted by molar-refractivity contribution is 6.21. The Morgan fingerprint density at radius 3 is 2.41 bits per heavy atom. The molecule has 0 aliphatic carbocycles. The second-order valence-electron chi connectivity index (χ2n) is 5.19. The largest absolute Gasteiger partial charge is 0.381 e. The van der Waals surface area contributed by atoms with E-state index in [1.807, 2.05) is 0 Å². The summed E-state index contributed by atoms with van der Waals surface area (Å²) in [5.41, 5.74) is 5.25. The van der Waals surface area contributed by atoms with Crippen molar-refractivity contribution in [2.75, 3.05) is 13.2 Å². The first-order valence-electron chi connectivity index (χ1n) is 6.39. The predicted octanol–water partition coefficient (Wildman–Crippen LogP) is 4.32. The van der Waals surface area contributed by atoms with Crippen LogP contribution in [0, 0.1) is 26.7 Å². The van der Waals surface area contributed by atoms with E-state index in [1.54, 1.807) is 0 Å². The number of alkyl halides is 1. The molecular formula is C15H21ClO. The number of benzene rings is 1. The van der Waals surface area contributed by atoms with E-state index in [9.17, 15) is 0 Å². The highest BCUT2D eigenvalue weighted by atomic mass is 35.5. The first kappa shape index (κ1) is 12.9. The number of ether oxygens (including phenoxy) is 1. The summed E-state index contributed by atoms with van der Waals surface area (Å²) >= 11 is 6.67. The zero-order chi connectivity index (χ0) is 12.4. The summed E-state index contributed by atoms with van der Waals surface area (Å²) < 4.78 is 5.54. The Morgan fingerprint density at radius 1 is 1.24 bits per heavy atom. The van der Waals surface area contributed by atoms with E-state index < -0.39 is 0 Å². The molecular weight excluding hydrogens is 232 g/mol. The molecule has 94 valence electrons. The molecule has 1 nitrogen and oxygen atoms in total. The number of hydrogen-bond acceptors (Lipinski definition) is 1. The summed E-state index contributed by atoms with van der Waals surface area (Å²) in [5.74, 6) is 0.463. The fourth-order valence-corrected chi connectivity index (χ4v) is 3.40. The van der Waals surface area contributed by atoms with Crippen molar-refractivity contribution < 1.29 is 4.74 Å². The molecule has 1 aliphatic heterocycles. The number of halogens is 1. The summed E-state index contributed by atoms with van der Waals surface area (Å²) in [5, 5.41) is 0.0934. The van der Waals surface area contributed by atoms with Crippen LogP contribution in [0.5, 0.6) is 0 Å². The maximum absolute atomic E-state index is 6.67. The lowest BCUT2D eigenvalue weighted by atomic mass is 9.88. The summed E-state index contributed by atoms with van der Waals surface area (Å²) in [7, 11) is 0. The van der Waals surface area contributed by atoms with E-state index in [-0.39, 0.29) is 5.38 Å². The molecule has 0 bridgehead atoms. The fourth-order valence-electron chi connectivity index (χ4n) is 2.86. The Kier molecular flexibility index (Phi) is 4.11. The minimum atomic E-state index is 0.0934. The van der Waals surface area contributed by atoms with Gasteiger partial charge in [0, 0.05) is 12.5 Å².